The van der Waals surface area contributed by atoms with Crippen LogP contribution in [0.25, 0.3) is 0 Å². The molecule has 0 N–H and O–H groups in total. The van der Waals surface area contributed by atoms with Gasteiger partial charge in [-0.25, -0.2) is 0 Å². The summed E-state index contributed by atoms with van der Waals surface area (Å²) in [5.41, 5.74) is 0. The van der Waals surface area contributed by atoms with E-state index in [1.54, 1.807) is 0 Å². The maximum absolute atomic E-state index is 5.50. The summed E-state index contributed by atoms with van der Waals surface area (Å²) in [5.74, 6) is 0. The average Bonchev–Trinajstić information content (AvgIpc) is 2.55. The van der Waals surface area contributed by atoms with Gasteiger partial charge >= 0.3 is 0 Å². The molecule has 1 aromatic rings. The lowest BCUT2D eigenvalue weighted by molar-refractivity contribution is 0.0705. The molecule has 1 aromatic heterocycles. The minimum atomic E-state index is 0.344. The van der Waals surface area contributed by atoms with Crippen molar-refractivity contribution in [2.45, 2.75) is 39.3 Å². The summed E-state index contributed by atoms with van der Waals surface area (Å²) in [5, 5.41) is 0. The first kappa shape index (κ1) is 10.3. The van der Waals surface area contributed by atoms with E-state index in [0.29, 0.717) is 12.1 Å². The molecule has 0 saturated carbocycles. The van der Waals surface area contributed by atoms with Gasteiger partial charge in [0, 0.05) is 25.0 Å². The van der Waals surface area contributed by atoms with E-state index >= 15 is 0 Å². The molecule has 2 nitrogen and oxygen atoms in total. The van der Waals surface area contributed by atoms with Crippen molar-refractivity contribution in [2.75, 3.05) is 6.61 Å². The largest absolute Gasteiger partial charge is 0.379 e. The van der Waals surface area contributed by atoms with Gasteiger partial charge in [-0.2, -0.15) is 0 Å². The summed E-state index contributed by atoms with van der Waals surface area (Å²) in [4.78, 5) is 0. The highest BCUT2D eigenvalue weighted by Gasteiger charge is 2.02. The Hall–Kier alpha value is -0.760. The van der Waals surface area contributed by atoms with Gasteiger partial charge in [-0.3, -0.25) is 0 Å². The Morgan fingerprint density at radius 2 is 1.77 bits per heavy atom. The van der Waals surface area contributed by atoms with Crippen molar-refractivity contribution in [1.82, 2.24) is 4.57 Å². The molecule has 74 valence electrons. The molecule has 13 heavy (non-hydrogen) atoms. The molecule has 0 amide bonds. The lowest BCUT2D eigenvalue weighted by Gasteiger charge is -2.14. The quantitative estimate of drug-likeness (QED) is 0.681. The minimum absolute atomic E-state index is 0.344. The van der Waals surface area contributed by atoms with Crippen LogP contribution >= 0.6 is 0 Å². The van der Waals surface area contributed by atoms with Gasteiger partial charge in [-0.1, -0.05) is 0 Å². The zero-order valence-corrected chi connectivity index (χ0v) is 8.73. The number of aromatic nitrogens is 1. The van der Waals surface area contributed by atoms with Crippen LogP contribution in [0.2, 0.25) is 0 Å². The predicted molar refractivity (Wildman–Crippen MR) is 54.8 cm³/mol. The van der Waals surface area contributed by atoms with Crippen molar-refractivity contribution in [2.24, 2.45) is 0 Å². The van der Waals surface area contributed by atoms with E-state index in [-0.39, 0.29) is 0 Å². The fraction of sp³-hybridized carbons (Fsp3) is 0.636. The smallest absolute Gasteiger partial charge is 0.0518 e. The summed E-state index contributed by atoms with van der Waals surface area (Å²) in [6.07, 6.45) is 5.62. The maximum atomic E-state index is 5.50. The topological polar surface area (TPSA) is 14.2 Å². The van der Waals surface area contributed by atoms with Crippen LogP contribution in [-0.2, 0) is 4.74 Å². The molecule has 0 bridgehead atoms. The number of ether oxygens (including phenoxy) is 1. The molecule has 1 atom stereocenters. The highest BCUT2D eigenvalue weighted by atomic mass is 16.5. The van der Waals surface area contributed by atoms with E-state index in [2.05, 4.69) is 49.9 Å². The normalized spacial score (nSPS) is 13.5. The van der Waals surface area contributed by atoms with Gasteiger partial charge < -0.3 is 9.30 Å². The summed E-state index contributed by atoms with van der Waals surface area (Å²) >= 11 is 0. The molecule has 0 aliphatic heterocycles. The molecule has 2 heteroatoms. The van der Waals surface area contributed by atoms with Gasteiger partial charge in [-0.15, -0.1) is 0 Å². The molecule has 0 aliphatic rings. The van der Waals surface area contributed by atoms with Crippen LogP contribution < -0.4 is 0 Å². The van der Waals surface area contributed by atoms with Crippen LogP contribution in [0.3, 0.4) is 0 Å². The third-order valence-corrected chi connectivity index (χ3v) is 2.12. The van der Waals surface area contributed by atoms with Crippen LogP contribution in [0.5, 0.6) is 0 Å². The molecule has 0 spiro atoms. The van der Waals surface area contributed by atoms with Gasteiger partial charge in [0.15, 0.2) is 0 Å². The Balaban J connectivity index is 2.22. The van der Waals surface area contributed by atoms with E-state index in [9.17, 15) is 0 Å². The molecule has 1 unspecified atom stereocenters. The second-order valence-electron chi connectivity index (χ2n) is 3.69. The van der Waals surface area contributed by atoms with Gasteiger partial charge in [0.2, 0.25) is 0 Å². The van der Waals surface area contributed by atoms with Crippen molar-refractivity contribution in [1.29, 1.82) is 0 Å². The highest BCUT2D eigenvalue weighted by molar-refractivity contribution is 4.92. The predicted octanol–water partition coefficient (Wildman–Crippen LogP) is 2.86. The SMILES string of the molecule is CC(C)OCCC(C)n1cccc1. The molecule has 1 rings (SSSR count). The van der Waals surface area contributed by atoms with E-state index in [0.717, 1.165) is 13.0 Å². The van der Waals surface area contributed by atoms with Crippen molar-refractivity contribution in [3.63, 3.8) is 0 Å². The second kappa shape index (κ2) is 5.07. The molecule has 0 radical (unpaired) electrons. The molecule has 0 saturated heterocycles. The van der Waals surface area contributed by atoms with Gasteiger partial charge in [-0.05, 0) is 39.3 Å². The number of hydrogen-bond donors (Lipinski definition) is 0. The van der Waals surface area contributed by atoms with E-state index < -0.39 is 0 Å². The number of hydrogen-bond acceptors (Lipinski definition) is 1. The van der Waals surface area contributed by atoms with Crippen LogP contribution in [0, 0.1) is 0 Å². The Bertz CT molecular complexity index is 216. The zero-order valence-electron chi connectivity index (χ0n) is 8.73. The van der Waals surface area contributed by atoms with Crippen LogP contribution in [0.4, 0.5) is 0 Å². The first-order valence-electron chi connectivity index (χ1n) is 4.94. The lowest BCUT2D eigenvalue weighted by Crippen LogP contribution is -2.09. The van der Waals surface area contributed by atoms with Crippen LogP contribution in [-0.4, -0.2) is 17.3 Å². The van der Waals surface area contributed by atoms with E-state index in [1.165, 1.54) is 0 Å². The fourth-order valence-electron chi connectivity index (χ4n) is 1.27. The van der Waals surface area contributed by atoms with Gasteiger partial charge in [0.1, 0.15) is 0 Å². The lowest BCUT2D eigenvalue weighted by atomic mass is 10.2. The monoisotopic (exact) mass is 181 g/mol. The standard InChI is InChI=1S/C11H19NO/c1-10(2)13-9-6-11(3)12-7-4-5-8-12/h4-5,7-8,10-11H,6,9H2,1-3H3. The Morgan fingerprint density at radius 3 is 2.31 bits per heavy atom. The number of nitrogens with zero attached hydrogens (tertiary/aromatic N) is 1. The van der Waals surface area contributed by atoms with Crippen molar-refractivity contribution >= 4 is 0 Å². The molecule has 1 heterocycles. The Morgan fingerprint density at radius 1 is 1.15 bits per heavy atom. The summed E-state index contributed by atoms with van der Waals surface area (Å²) in [7, 11) is 0. The first-order chi connectivity index (χ1) is 6.20. The van der Waals surface area contributed by atoms with Gasteiger partial charge in [0.25, 0.3) is 0 Å². The minimum Gasteiger partial charge on any atom is -0.379 e. The second-order valence-corrected chi connectivity index (χ2v) is 3.69. The summed E-state index contributed by atoms with van der Waals surface area (Å²) in [6.45, 7) is 7.20. The third-order valence-electron chi connectivity index (χ3n) is 2.12. The van der Waals surface area contributed by atoms with Crippen molar-refractivity contribution < 1.29 is 4.74 Å². The Labute approximate surface area is 80.5 Å². The molecule has 0 fully saturated rings. The fourth-order valence-corrected chi connectivity index (χ4v) is 1.27. The van der Waals surface area contributed by atoms with Crippen molar-refractivity contribution in [3.05, 3.63) is 24.5 Å². The maximum Gasteiger partial charge on any atom is 0.0518 e. The molecule has 0 aromatic carbocycles. The molecular formula is C11H19NO. The Kier molecular flexibility index (Phi) is 4.03. The van der Waals surface area contributed by atoms with E-state index in [4.69, 9.17) is 4.74 Å². The van der Waals surface area contributed by atoms with Crippen molar-refractivity contribution in [3.8, 4) is 0 Å². The van der Waals surface area contributed by atoms with Gasteiger partial charge in [0.05, 0.1) is 6.10 Å². The summed E-state index contributed by atoms with van der Waals surface area (Å²) in [6, 6.07) is 4.65. The average molecular weight is 181 g/mol. The van der Waals surface area contributed by atoms with Crippen LogP contribution in [0.15, 0.2) is 24.5 Å². The molecule has 0 aliphatic carbocycles. The third kappa shape index (κ3) is 3.64. The first-order valence-corrected chi connectivity index (χ1v) is 4.94. The molecular weight excluding hydrogens is 162 g/mol. The zero-order chi connectivity index (χ0) is 9.68. The highest BCUT2D eigenvalue weighted by Crippen LogP contribution is 2.10. The number of rotatable bonds is 5. The van der Waals surface area contributed by atoms with E-state index in [1.807, 2.05) is 0 Å². The van der Waals surface area contributed by atoms with Crippen LogP contribution in [0.1, 0.15) is 33.2 Å². The summed E-state index contributed by atoms with van der Waals surface area (Å²) < 4.78 is 7.71.